The molecule has 0 heterocycles. The molecule has 8 nitrogen and oxygen atoms in total. The van der Waals surface area contributed by atoms with Gasteiger partial charge in [0.1, 0.15) is 22.4 Å². The number of carbonyl (C=O) groups excluding carboxylic acids is 4. The first-order valence-electron chi connectivity index (χ1n) is 15.1. The minimum Gasteiger partial charge on any atom is -0.456 e. The highest BCUT2D eigenvalue weighted by atomic mass is 19.4. The Morgan fingerprint density at radius 1 is 0.408 bits per heavy atom. The molecule has 0 fully saturated rings. The fourth-order valence-corrected chi connectivity index (χ4v) is 4.56. The van der Waals surface area contributed by atoms with Crippen molar-refractivity contribution < 1.29 is 64.5 Å². The first-order valence-corrected chi connectivity index (χ1v) is 15.1. The number of alkyl halides is 6. The van der Waals surface area contributed by atoms with Crippen molar-refractivity contribution >= 4 is 23.9 Å². The summed E-state index contributed by atoms with van der Waals surface area (Å²) in [6.45, 7) is 17.2. The van der Waals surface area contributed by atoms with E-state index in [9.17, 15) is 19.2 Å². The van der Waals surface area contributed by atoms with E-state index in [0.717, 1.165) is 0 Å². The third-order valence-electron chi connectivity index (χ3n) is 6.23. The molecule has 0 aliphatic rings. The Balaban J connectivity index is 3.14. The van der Waals surface area contributed by atoms with Gasteiger partial charge in [0, 0.05) is 0 Å². The highest BCUT2D eigenvalue weighted by Gasteiger charge is 2.72. The van der Waals surface area contributed by atoms with Crippen LogP contribution in [-0.4, -0.2) is 58.6 Å². The molecule has 49 heavy (non-hydrogen) atoms. The summed E-state index contributed by atoms with van der Waals surface area (Å²) in [6, 6.07) is 2.54. The monoisotopic (exact) mass is 704 g/mol. The number of ether oxygens (including phenoxy) is 4. The number of carbonyl (C=O) groups is 4. The van der Waals surface area contributed by atoms with Crippen molar-refractivity contribution in [2.45, 2.75) is 123 Å². The Labute approximate surface area is 281 Å². The van der Waals surface area contributed by atoms with Crippen LogP contribution in [-0.2, 0) is 24.4 Å². The molecule has 0 saturated carbocycles. The lowest BCUT2D eigenvalue weighted by molar-refractivity contribution is -0.288. The predicted molar refractivity (Wildman–Crippen MR) is 166 cm³/mol. The van der Waals surface area contributed by atoms with Gasteiger partial charge in [-0.05, 0) is 118 Å². The minimum absolute atomic E-state index is 0.267. The Morgan fingerprint density at radius 2 is 0.633 bits per heavy atom. The Kier molecular flexibility index (Phi) is 11.2. The van der Waals surface area contributed by atoms with E-state index >= 15 is 26.3 Å². The number of rotatable bonds is 6. The lowest BCUT2D eigenvalue weighted by Gasteiger charge is -2.39. The first-order chi connectivity index (χ1) is 21.7. The Morgan fingerprint density at radius 3 is 0.837 bits per heavy atom. The maximum absolute atomic E-state index is 15.3. The highest BCUT2D eigenvalue weighted by Crippen LogP contribution is 2.56. The van der Waals surface area contributed by atoms with Crippen molar-refractivity contribution in [3.63, 3.8) is 0 Å². The summed E-state index contributed by atoms with van der Waals surface area (Å²) in [4.78, 5) is 52.6. The van der Waals surface area contributed by atoms with Crippen LogP contribution in [0.25, 0.3) is 0 Å². The maximum Gasteiger partial charge on any atom is 0.411 e. The van der Waals surface area contributed by atoms with E-state index in [1.807, 2.05) is 0 Å². The van der Waals surface area contributed by atoms with Gasteiger partial charge in [-0.3, -0.25) is 0 Å². The molecule has 0 amide bonds. The Bertz CT molecular complexity index is 1480. The fourth-order valence-electron chi connectivity index (χ4n) is 4.56. The molecule has 272 valence electrons. The van der Waals surface area contributed by atoms with Crippen LogP contribution in [0.2, 0.25) is 0 Å². The van der Waals surface area contributed by atoms with Gasteiger partial charge in [0.05, 0.1) is 22.3 Å². The zero-order chi connectivity index (χ0) is 38.3. The molecule has 0 spiro atoms. The molecule has 0 saturated heterocycles. The summed E-state index contributed by atoms with van der Waals surface area (Å²) in [5.41, 5.74) is -16.0. The van der Waals surface area contributed by atoms with E-state index in [1.54, 1.807) is 0 Å². The van der Waals surface area contributed by atoms with Crippen LogP contribution in [0.1, 0.15) is 136 Å². The van der Waals surface area contributed by atoms with Crippen molar-refractivity contribution in [1.82, 2.24) is 0 Å². The summed E-state index contributed by atoms with van der Waals surface area (Å²) in [6.07, 6.45) is -12.4. The van der Waals surface area contributed by atoms with Crippen LogP contribution >= 0.6 is 0 Å². The third-order valence-corrected chi connectivity index (χ3v) is 6.23. The largest absolute Gasteiger partial charge is 0.456 e. The molecule has 0 aliphatic carbocycles. The second-order valence-corrected chi connectivity index (χ2v) is 15.3. The summed E-state index contributed by atoms with van der Waals surface area (Å²) < 4.78 is 113. The zero-order valence-corrected chi connectivity index (χ0v) is 29.5. The fraction of sp³-hybridized carbons (Fsp3) is 0.543. The highest BCUT2D eigenvalue weighted by molar-refractivity contribution is 6.04. The van der Waals surface area contributed by atoms with Gasteiger partial charge < -0.3 is 18.9 Å². The summed E-state index contributed by atoms with van der Waals surface area (Å²) >= 11 is 0. The number of hydrogen-bond donors (Lipinski definition) is 0. The van der Waals surface area contributed by atoms with Gasteiger partial charge in [0.25, 0.3) is 0 Å². The standard InChI is InChI=1S/C35H42F6O8/c1-29(2,3)46-25(42)21-15-13-19(17-23(21)27(44)48-31(7,8)9)33(34(36,37)38,35(39,40)41)20-14-16-22(26(43)47-30(4,5)6)24(18-20)28(45)49-32(10,11)12/h13-18H,1-12H3. The summed E-state index contributed by atoms with van der Waals surface area (Å²) in [5.74, 6) is -5.22. The second kappa shape index (κ2) is 13.3. The molecule has 0 atom stereocenters. The second-order valence-electron chi connectivity index (χ2n) is 15.3. The quantitative estimate of drug-likeness (QED) is 0.167. The van der Waals surface area contributed by atoms with E-state index in [4.69, 9.17) is 18.9 Å². The number of hydrogen-bond acceptors (Lipinski definition) is 8. The van der Waals surface area contributed by atoms with Gasteiger partial charge >= 0.3 is 36.2 Å². The van der Waals surface area contributed by atoms with Crippen LogP contribution in [0.3, 0.4) is 0 Å². The topological polar surface area (TPSA) is 105 Å². The van der Waals surface area contributed by atoms with Crippen LogP contribution in [0, 0.1) is 0 Å². The van der Waals surface area contributed by atoms with Crippen LogP contribution in [0.5, 0.6) is 0 Å². The summed E-state index contributed by atoms with van der Waals surface area (Å²) in [5, 5.41) is 0. The van der Waals surface area contributed by atoms with Crippen LogP contribution in [0.15, 0.2) is 36.4 Å². The van der Waals surface area contributed by atoms with Crippen LogP contribution in [0.4, 0.5) is 26.3 Å². The first kappa shape index (κ1) is 41.1. The molecule has 0 aromatic heterocycles. The average Bonchev–Trinajstić information content (AvgIpc) is 2.83. The minimum atomic E-state index is -6.19. The molecule has 2 aromatic carbocycles. The summed E-state index contributed by atoms with van der Waals surface area (Å²) in [7, 11) is 0. The predicted octanol–water partition coefficient (Wildman–Crippen LogP) is 8.92. The van der Waals surface area contributed by atoms with Gasteiger partial charge in [-0.1, -0.05) is 12.1 Å². The van der Waals surface area contributed by atoms with E-state index in [-0.39, 0.29) is 12.1 Å². The normalized spacial score (nSPS) is 13.4. The maximum atomic E-state index is 15.3. The Hall–Kier alpha value is -4.10. The van der Waals surface area contributed by atoms with Crippen molar-refractivity contribution in [3.05, 3.63) is 69.8 Å². The lowest BCUT2D eigenvalue weighted by atomic mass is 9.71. The molecule has 2 aromatic rings. The molecule has 0 aliphatic heterocycles. The van der Waals surface area contributed by atoms with Crippen LogP contribution < -0.4 is 0 Å². The molecule has 0 unspecified atom stereocenters. The van der Waals surface area contributed by atoms with E-state index in [0.29, 0.717) is 24.3 Å². The van der Waals surface area contributed by atoms with E-state index in [2.05, 4.69) is 0 Å². The number of esters is 4. The molecular formula is C35H42F6O8. The molecule has 0 radical (unpaired) electrons. The van der Waals surface area contributed by atoms with E-state index < -0.39 is 97.4 Å². The van der Waals surface area contributed by atoms with Gasteiger partial charge in [0.15, 0.2) is 0 Å². The smallest absolute Gasteiger partial charge is 0.411 e. The molecular weight excluding hydrogens is 662 g/mol. The van der Waals surface area contributed by atoms with Gasteiger partial charge in [-0.25, -0.2) is 19.2 Å². The van der Waals surface area contributed by atoms with Crippen molar-refractivity contribution in [2.75, 3.05) is 0 Å². The van der Waals surface area contributed by atoms with Crippen molar-refractivity contribution in [2.24, 2.45) is 0 Å². The lowest BCUT2D eigenvalue weighted by Crippen LogP contribution is -2.55. The van der Waals surface area contributed by atoms with Gasteiger partial charge in [-0.2, -0.15) is 26.3 Å². The number of halogens is 6. The van der Waals surface area contributed by atoms with Crippen molar-refractivity contribution in [1.29, 1.82) is 0 Å². The zero-order valence-electron chi connectivity index (χ0n) is 29.5. The number of benzene rings is 2. The molecule has 0 bridgehead atoms. The molecule has 14 heteroatoms. The van der Waals surface area contributed by atoms with Gasteiger partial charge in [-0.15, -0.1) is 0 Å². The molecule has 0 N–H and O–H groups in total. The van der Waals surface area contributed by atoms with Gasteiger partial charge in [0.2, 0.25) is 5.41 Å². The van der Waals surface area contributed by atoms with Crippen molar-refractivity contribution in [3.8, 4) is 0 Å². The average molecular weight is 705 g/mol. The third kappa shape index (κ3) is 9.98. The molecule has 2 rings (SSSR count). The SMILES string of the molecule is CC(C)(C)OC(=O)c1ccc(C(c2ccc(C(=O)OC(C)(C)C)c(C(=O)OC(C)(C)C)c2)(C(F)(F)F)C(F)(F)F)cc1C(=O)OC(C)(C)C. The van der Waals surface area contributed by atoms with E-state index in [1.165, 1.54) is 83.1 Å².